The summed E-state index contributed by atoms with van der Waals surface area (Å²) < 4.78 is 49.1. The highest BCUT2D eigenvalue weighted by Gasteiger charge is 2.34. The molecule has 1 unspecified atom stereocenters. The zero-order chi connectivity index (χ0) is 26.5. The van der Waals surface area contributed by atoms with Crippen molar-refractivity contribution in [2.75, 3.05) is 13.2 Å². The topological polar surface area (TPSA) is 105 Å². The summed E-state index contributed by atoms with van der Waals surface area (Å²) in [6.07, 6.45) is 1.42. The molecule has 1 aromatic heterocycles. The summed E-state index contributed by atoms with van der Waals surface area (Å²) in [6, 6.07) is 8.81. The Kier molecular flexibility index (Phi) is 8.22. The number of piperidine rings is 1. The number of aromatic hydroxyl groups is 1. The van der Waals surface area contributed by atoms with Gasteiger partial charge in [-0.25, -0.2) is 14.2 Å². The molecule has 0 saturated carbocycles. The monoisotopic (exact) mass is 537 g/mol. The standard InChI is InChI=1S/C18H12ClF3N2O3.C7H11NO2/c19-10-3-1-9(2-4-10)7-23-17(26)11-6-14(25)12(5-13(11)20)15-8-24-18(27-15)16(21)22;9-7-8-4-2-1-3-6(8)5-10-7/h1-6,8,16,25H,7H2,(H,23,26);6H,1-5H2. The van der Waals surface area contributed by atoms with Gasteiger partial charge in [0.15, 0.2) is 5.76 Å². The average molecular weight is 538 g/mol. The van der Waals surface area contributed by atoms with Gasteiger partial charge in [0.1, 0.15) is 18.2 Å². The molecule has 0 spiro atoms. The van der Waals surface area contributed by atoms with Crippen molar-refractivity contribution in [1.29, 1.82) is 0 Å². The van der Waals surface area contributed by atoms with Gasteiger partial charge in [0.2, 0.25) is 0 Å². The van der Waals surface area contributed by atoms with Gasteiger partial charge in [-0.05, 0) is 49.1 Å². The zero-order valence-corrected chi connectivity index (χ0v) is 20.2. The number of alkyl halides is 2. The summed E-state index contributed by atoms with van der Waals surface area (Å²) in [5.74, 6) is -3.31. The van der Waals surface area contributed by atoms with E-state index in [0.717, 1.165) is 43.3 Å². The quantitative estimate of drug-likeness (QED) is 0.433. The van der Waals surface area contributed by atoms with Crippen LogP contribution >= 0.6 is 11.6 Å². The van der Waals surface area contributed by atoms with Gasteiger partial charge in [0.05, 0.1) is 23.4 Å². The highest BCUT2D eigenvalue weighted by molar-refractivity contribution is 6.30. The number of phenolic OH excluding ortho intramolecular Hbond substituents is 1. The van der Waals surface area contributed by atoms with Crippen LogP contribution in [0, 0.1) is 5.82 Å². The van der Waals surface area contributed by atoms with Gasteiger partial charge in [-0.1, -0.05) is 23.7 Å². The zero-order valence-electron chi connectivity index (χ0n) is 19.4. The largest absolute Gasteiger partial charge is 0.507 e. The lowest BCUT2D eigenvalue weighted by Crippen LogP contribution is -2.37. The Morgan fingerprint density at radius 3 is 2.68 bits per heavy atom. The number of nitrogens with one attached hydrogen (secondary N) is 1. The predicted molar refractivity (Wildman–Crippen MR) is 127 cm³/mol. The maximum Gasteiger partial charge on any atom is 0.410 e. The molecule has 5 rings (SSSR count). The van der Waals surface area contributed by atoms with Crippen LogP contribution in [-0.2, 0) is 11.3 Å². The first-order valence-corrected chi connectivity index (χ1v) is 11.8. The van der Waals surface area contributed by atoms with Crippen LogP contribution in [0.15, 0.2) is 47.0 Å². The van der Waals surface area contributed by atoms with E-state index >= 15 is 0 Å². The smallest absolute Gasteiger partial charge is 0.410 e. The number of cyclic esters (lactones) is 1. The third-order valence-electron chi connectivity index (χ3n) is 5.93. The number of amides is 2. The normalized spacial score (nSPS) is 16.6. The molecule has 8 nitrogen and oxygen atoms in total. The van der Waals surface area contributed by atoms with Crippen molar-refractivity contribution in [3.8, 4) is 17.1 Å². The molecule has 2 aliphatic rings. The number of carbonyl (C=O) groups excluding carboxylic acids is 2. The summed E-state index contributed by atoms with van der Waals surface area (Å²) >= 11 is 5.77. The number of carbonyl (C=O) groups is 2. The molecule has 12 heteroatoms. The fourth-order valence-electron chi connectivity index (χ4n) is 3.99. The number of rotatable bonds is 5. The maximum atomic E-state index is 14.3. The van der Waals surface area contributed by atoms with Gasteiger partial charge in [-0.2, -0.15) is 8.78 Å². The number of nitrogens with zero attached hydrogens (tertiary/aromatic N) is 2. The molecule has 0 aliphatic carbocycles. The predicted octanol–water partition coefficient (Wildman–Crippen LogP) is 5.70. The molecule has 2 saturated heterocycles. The number of fused-ring (bicyclic) bond motifs is 1. The second kappa shape index (κ2) is 11.5. The molecular weight excluding hydrogens is 515 g/mol. The van der Waals surface area contributed by atoms with E-state index in [2.05, 4.69) is 10.3 Å². The van der Waals surface area contributed by atoms with E-state index in [1.807, 2.05) is 4.90 Å². The summed E-state index contributed by atoms with van der Waals surface area (Å²) in [4.78, 5) is 28.3. The fourth-order valence-corrected chi connectivity index (χ4v) is 4.12. The minimum absolute atomic E-state index is 0.107. The van der Waals surface area contributed by atoms with Crippen LogP contribution in [0.3, 0.4) is 0 Å². The molecule has 1 atom stereocenters. The Bertz CT molecular complexity index is 1270. The Morgan fingerprint density at radius 1 is 1.24 bits per heavy atom. The molecule has 3 aromatic rings. The van der Waals surface area contributed by atoms with E-state index in [-0.39, 0.29) is 24.0 Å². The van der Waals surface area contributed by atoms with E-state index in [0.29, 0.717) is 17.7 Å². The van der Waals surface area contributed by atoms with Gasteiger partial charge in [0, 0.05) is 18.1 Å². The van der Waals surface area contributed by atoms with E-state index in [1.165, 1.54) is 6.42 Å². The van der Waals surface area contributed by atoms with Crippen LogP contribution in [0.25, 0.3) is 11.3 Å². The number of oxazole rings is 1. The molecule has 2 amide bonds. The number of halogens is 4. The molecule has 196 valence electrons. The summed E-state index contributed by atoms with van der Waals surface area (Å²) in [6.45, 7) is 1.65. The molecule has 3 heterocycles. The number of aromatic nitrogens is 1. The molecule has 0 radical (unpaired) electrons. The minimum Gasteiger partial charge on any atom is -0.507 e. The van der Waals surface area contributed by atoms with E-state index in [1.54, 1.807) is 24.3 Å². The van der Waals surface area contributed by atoms with Crippen molar-refractivity contribution < 1.29 is 37.0 Å². The van der Waals surface area contributed by atoms with E-state index < -0.39 is 35.4 Å². The van der Waals surface area contributed by atoms with Crippen LogP contribution in [0.2, 0.25) is 5.02 Å². The van der Waals surface area contributed by atoms with Crippen LogP contribution in [0.5, 0.6) is 5.75 Å². The van der Waals surface area contributed by atoms with Gasteiger partial charge in [-0.3, -0.25) is 4.79 Å². The lowest BCUT2D eigenvalue weighted by atomic mass is 10.0. The van der Waals surface area contributed by atoms with Crippen molar-refractivity contribution >= 4 is 23.6 Å². The fraction of sp³-hybridized carbons (Fsp3) is 0.320. The molecule has 2 aromatic carbocycles. The molecule has 0 bridgehead atoms. The Labute approximate surface area is 215 Å². The third kappa shape index (κ3) is 6.34. The van der Waals surface area contributed by atoms with Crippen LogP contribution in [0.1, 0.15) is 47.5 Å². The summed E-state index contributed by atoms with van der Waals surface area (Å²) in [5, 5.41) is 13.1. The lowest BCUT2D eigenvalue weighted by molar-refractivity contribution is 0.0946. The SMILES string of the molecule is O=C(NCc1ccc(Cl)cc1)c1cc(O)c(-c2cnc(C(F)F)o2)cc1F.O=C1OCC2CCCCN12. The molecular formula is C25H23ClF3N3O5. The second-order valence-corrected chi connectivity index (χ2v) is 8.88. The van der Waals surface area contributed by atoms with Gasteiger partial charge >= 0.3 is 12.5 Å². The highest BCUT2D eigenvalue weighted by Crippen LogP contribution is 2.33. The second-order valence-electron chi connectivity index (χ2n) is 8.44. The van der Waals surface area contributed by atoms with Gasteiger partial charge < -0.3 is 24.5 Å². The maximum absolute atomic E-state index is 14.3. The molecule has 2 N–H and O–H groups in total. The molecule has 2 aliphatic heterocycles. The Hall–Kier alpha value is -3.73. The minimum atomic E-state index is -2.94. The Morgan fingerprint density at radius 2 is 2.00 bits per heavy atom. The summed E-state index contributed by atoms with van der Waals surface area (Å²) in [5.41, 5.74) is 0.148. The average Bonchev–Trinajstić information content (AvgIpc) is 3.53. The lowest BCUT2D eigenvalue weighted by Gasteiger charge is -2.25. The van der Waals surface area contributed by atoms with Crippen molar-refractivity contribution in [2.24, 2.45) is 0 Å². The van der Waals surface area contributed by atoms with Crippen LogP contribution in [-0.4, -0.2) is 46.2 Å². The van der Waals surface area contributed by atoms with Crippen LogP contribution in [0.4, 0.5) is 18.0 Å². The Balaban J connectivity index is 0.000000265. The van der Waals surface area contributed by atoms with Crippen LogP contribution < -0.4 is 5.32 Å². The number of hydrogen-bond donors (Lipinski definition) is 2. The number of hydrogen-bond acceptors (Lipinski definition) is 6. The third-order valence-corrected chi connectivity index (χ3v) is 6.18. The summed E-state index contributed by atoms with van der Waals surface area (Å²) in [7, 11) is 0. The van der Waals surface area contributed by atoms with E-state index in [9.17, 15) is 27.9 Å². The molecule has 37 heavy (non-hydrogen) atoms. The highest BCUT2D eigenvalue weighted by atomic mass is 35.5. The number of ether oxygens (including phenoxy) is 1. The number of phenols is 1. The van der Waals surface area contributed by atoms with Gasteiger partial charge in [-0.15, -0.1) is 0 Å². The first-order chi connectivity index (χ1) is 17.7. The number of benzene rings is 2. The first kappa shape index (κ1) is 26.3. The molecule has 2 fully saturated rings. The van der Waals surface area contributed by atoms with Crippen molar-refractivity contribution in [3.05, 3.63) is 70.5 Å². The van der Waals surface area contributed by atoms with Crippen molar-refractivity contribution in [2.45, 2.75) is 38.3 Å². The van der Waals surface area contributed by atoms with E-state index in [4.69, 9.17) is 20.8 Å². The van der Waals surface area contributed by atoms with Crippen molar-refractivity contribution in [1.82, 2.24) is 15.2 Å². The first-order valence-electron chi connectivity index (χ1n) is 11.5. The van der Waals surface area contributed by atoms with Crippen molar-refractivity contribution in [3.63, 3.8) is 0 Å². The van der Waals surface area contributed by atoms with Gasteiger partial charge in [0.25, 0.3) is 11.8 Å².